The van der Waals surface area contributed by atoms with Crippen molar-refractivity contribution in [2.75, 3.05) is 13.2 Å². The maximum Gasteiger partial charge on any atom is 0.0525 e. The van der Waals surface area contributed by atoms with E-state index in [0.717, 1.165) is 19.3 Å². The third-order valence-electron chi connectivity index (χ3n) is 6.53. The van der Waals surface area contributed by atoms with Crippen LogP contribution in [-0.4, -0.2) is 23.4 Å². The van der Waals surface area contributed by atoms with Crippen molar-refractivity contribution in [3.63, 3.8) is 0 Å². The summed E-state index contributed by atoms with van der Waals surface area (Å²) in [5.74, 6) is 0.234. The predicted octanol–water partition coefficient (Wildman–Crippen LogP) is 3.92. The van der Waals surface area contributed by atoms with Crippen LogP contribution in [0.4, 0.5) is 0 Å². The molecular weight excluding hydrogens is 260 g/mol. The standard InChI is InChI=1S/C19H32O2/c1-16(2)9-18(5)7-13-6-17(3,4)14(8-20)15(13)19(10-16,11-18)12-21/h14,20-21H,6-12H2,1-5H3/t14-,18?,19?/m1/s1. The summed E-state index contributed by atoms with van der Waals surface area (Å²) in [4.78, 5) is 0. The maximum atomic E-state index is 10.4. The number of fused-ring (bicyclic) bond motifs is 3. The lowest BCUT2D eigenvalue weighted by molar-refractivity contribution is -0.0404. The molecule has 3 rings (SSSR count). The third-order valence-corrected chi connectivity index (χ3v) is 6.53. The lowest BCUT2D eigenvalue weighted by Crippen LogP contribution is -2.49. The Morgan fingerprint density at radius 2 is 1.62 bits per heavy atom. The Kier molecular flexibility index (Phi) is 3.22. The lowest BCUT2D eigenvalue weighted by Gasteiger charge is -2.57. The minimum absolute atomic E-state index is 0.0781. The van der Waals surface area contributed by atoms with Crippen molar-refractivity contribution < 1.29 is 10.2 Å². The van der Waals surface area contributed by atoms with Crippen molar-refractivity contribution in [2.45, 2.75) is 66.7 Å². The second kappa shape index (κ2) is 4.35. The average Bonchev–Trinajstić information content (AvgIpc) is 2.55. The molecule has 0 heterocycles. The molecule has 0 aromatic rings. The smallest absolute Gasteiger partial charge is 0.0525 e. The molecule has 21 heavy (non-hydrogen) atoms. The van der Waals surface area contributed by atoms with Crippen LogP contribution >= 0.6 is 0 Å². The van der Waals surface area contributed by atoms with Crippen molar-refractivity contribution in [3.8, 4) is 0 Å². The van der Waals surface area contributed by atoms with Crippen molar-refractivity contribution in [1.82, 2.24) is 0 Å². The molecule has 3 aliphatic rings. The van der Waals surface area contributed by atoms with Gasteiger partial charge in [-0.1, -0.05) is 45.8 Å². The minimum atomic E-state index is -0.0781. The lowest BCUT2D eigenvalue weighted by atomic mass is 9.47. The summed E-state index contributed by atoms with van der Waals surface area (Å²) in [6.07, 6.45) is 5.70. The fraction of sp³-hybridized carbons (Fsp3) is 0.895. The third kappa shape index (κ3) is 2.21. The second-order valence-electron chi connectivity index (χ2n) is 10.0. The number of hydrogen-bond acceptors (Lipinski definition) is 2. The van der Waals surface area contributed by atoms with Crippen LogP contribution in [0.25, 0.3) is 0 Å². The van der Waals surface area contributed by atoms with Gasteiger partial charge in [0, 0.05) is 11.3 Å². The van der Waals surface area contributed by atoms with E-state index in [1.165, 1.54) is 18.4 Å². The summed E-state index contributed by atoms with van der Waals surface area (Å²) in [7, 11) is 0. The van der Waals surface area contributed by atoms with Crippen molar-refractivity contribution in [1.29, 1.82) is 0 Å². The Labute approximate surface area is 129 Å². The first-order valence-corrected chi connectivity index (χ1v) is 8.51. The van der Waals surface area contributed by atoms with Crippen LogP contribution in [0, 0.1) is 27.6 Å². The fourth-order valence-electron chi connectivity index (χ4n) is 6.75. The van der Waals surface area contributed by atoms with Crippen LogP contribution in [0.3, 0.4) is 0 Å². The molecule has 3 aliphatic carbocycles. The quantitative estimate of drug-likeness (QED) is 0.757. The number of aliphatic hydroxyl groups is 2. The van der Waals surface area contributed by atoms with Gasteiger partial charge in [0.25, 0.3) is 0 Å². The van der Waals surface area contributed by atoms with Crippen LogP contribution in [-0.2, 0) is 0 Å². The molecule has 0 spiro atoms. The normalized spacial score (nSPS) is 43.9. The Bertz CT molecular complexity index is 488. The first kappa shape index (κ1) is 15.6. The van der Waals surface area contributed by atoms with Gasteiger partial charge in [0.15, 0.2) is 0 Å². The molecule has 1 fully saturated rings. The molecule has 0 aromatic heterocycles. The summed E-state index contributed by atoms with van der Waals surface area (Å²) < 4.78 is 0. The molecule has 2 N–H and O–H groups in total. The molecule has 0 saturated heterocycles. The predicted molar refractivity (Wildman–Crippen MR) is 85.9 cm³/mol. The highest BCUT2D eigenvalue weighted by atomic mass is 16.3. The highest BCUT2D eigenvalue weighted by molar-refractivity contribution is 5.38. The molecule has 0 aliphatic heterocycles. The van der Waals surface area contributed by atoms with Gasteiger partial charge in [-0.2, -0.15) is 0 Å². The molecule has 0 aromatic carbocycles. The van der Waals surface area contributed by atoms with Gasteiger partial charge >= 0.3 is 0 Å². The first-order chi connectivity index (χ1) is 9.56. The van der Waals surface area contributed by atoms with Crippen LogP contribution < -0.4 is 0 Å². The molecule has 2 bridgehead atoms. The largest absolute Gasteiger partial charge is 0.396 e. The SMILES string of the molecule is CC1(C)CC2(C)CC3=C([C@@H](CO)C(C)(C)C3)C(CO)(C1)C2. The van der Waals surface area contributed by atoms with Crippen LogP contribution in [0.15, 0.2) is 11.1 Å². The zero-order valence-corrected chi connectivity index (χ0v) is 14.4. The van der Waals surface area contributed by atoms with Gasteiger partial charge in [0.1, 0.15) is 0 Å². The minimum Gasteiger partial charge on any atom is -0.396 e. The second-order valence-corrected chi connectivity index (χ2v) is 10.0. The summed E-state index contributed by atoms with van der Waals surface area (Å²) in [6, 6.07) is 0. The van der Waals surface area contributed by atoms with Gasteiger partial charge in [-0.05, 0) is 48.3 Å². The Hall–Kier alpha value is -0.340. The van der Waals surface area contributed by atoms with Gasteiger partial charge in [-0.15, -0.1) is 0 Å². The maximum absolute atomic E-state index is 10.4. The van der Waals surface area contributed by atoms with E-state index in [-0.39, 0.29) is 35.4 Å². The van der Waals surface area contributed by atoms with E-state index in [4.69, 9.17) is 0 Å². The summed E-state index contributed by atoms with van der Waals surface area (Å²) >= 11 is 0. The number of aliphatic hydroxyl groups excluding tert-OH is 2. The highest BCUT2D eigenvalue weighted by Crippen LogP contribution is 2.68. The van der Waals surface area contributed by atoms with E-state index in [1.807, 2.05) is 0 Å². The van der Waals surface area contributed by atoms with E-state index in [2.05, 4.69) is 34.6 Å². The highest BCUT2D eigenvalue weighted by Gasteiger charge is 2.59. The summed E-state index contributed by atoms with van der Waals surface area (Å²) in [5, 5.41) is 20.4. The van der Waals surface area contributed by atoms with E-state index in [1.54, 1.807) is 5.57 Å². The Morgan fingerprint density at radius 3 is 2.19 bits per heavy atom. The zero-order valence-electron chi connectivity index (χ0n) is 14.4. The average molecular weight is 292 g/mol. The summed E-state index contributed by atoms with van der Waals surface area (Å²) in [6.45, 7) is 12.2. The van der Waals surface area contributed by atoms with Crippen molar-refractivity contribution in [2.24, 2.45) is 27.6 Å². The Morgan fingerprint density at radius 1 is 0.952 bits per heavy atom. The molecule has 3 atom stereocenters. The topological polar surface area (TPSA) is 40.5 Å². The van der Waals surface area contributed by atoms with E-state index < -0.39 is 0 Å². The van der Waals surface area contributed by atoms with Gasteiger partial charge < -0.3 is 10.2 Å². The molecular formula is C19H32O2. The molecule has 2 heteroatoms. The molecule has 0 amide bonds. The molecule has 2 nitrogen and oxygen atoms in total. The van der Waals surface area contributed by atoms with Crippen LogP contribution in [0.5, 0.6) is 0 Å². The van der Waals surface area contributed by atoms with Gasteiger partial charge in [0.05, 0.1) is 13.2 Å². The Balaban J connectivity index is 2.13. The number of hydrogen-bond donors (Lipinski definition) is 2. The zero-order chi connectivity index (χ0) is 15.7. The van der Waals surface area contributed by atoms with Crippen molar-refractivity contribution >= 4 is 0 Å². The summed E-state index contributed by atoms with van der Waals surface area (Å²) in [5.41, 5.74) is 3.68. The first-order valence-electron chi connectivity index (χ1n) is 8.51. The molecule has 1 saturated carbocycles. The van der Waals surface area contributed by atoms with Crippen LogP contribution in [0.2, 0.25) is 0 Å². The van der Waals surface area contributed by atoms with Gasteiger partial charge in [0.2, 0.25) is 0 Å². The molecule has 2 unspecified atom stereocenters. The van der Waals surface area contributed by atoms with Gasteiger partial charge in [-0.3, -0.25) is 0 Å². The van der Waals surface area contributed by atoms with E-state index >= 15 is 0 Å². The monoisotopic (exact) mass is 292 g/mol. The van der Waals surface area contributed by atoms with E-state index in [9.17, 15) is 10.2 Å². The molecule has 0 radical (unpaired) electrons. The van der Waals surface area contributed by atoms with E-state index in [0.29, 0.717) is 5.41 Å². The number of rotatable bonds is 2. The fourth-order valence-corrected chi connectivity index (χ4v) is 6.75. The number of allylic oxidation sites excluding steroid dienone is 1. The molecule has 120 valence electrons. The van der Waals surface area contributed by atoms with Crippen LogP contribution in [0.1, 0.15) is 66.7 Å². The van der Waals surface area contributed by atoms with Gasteiger partial charge in [-0.25, -0.2) is 0 Å². The van der Waals surface area contributed by atoms with Crippen molar-refractivity contribution in [3.05, 3.63) is 11.1 Å².